The molecule has 102 valence electrons. The van der Waals surface area contributed by atoms with Crippen molar-refractivity contribution in [1.82, 2.24) is 9.47 Å². The molecule has 6 heteroatoms. The van der Waals surface area contributed by atoms with E-state index >= 15 is 0 Å². The van der Waals surface area contributed by atoms with Gasteiger partial charge in [-0.15, -0.1) is 0 Å². The van der Waals surface area contributed by atoms with E-state index in [-0.39, 0.29) is 5.91 Å². The van der Waals surface area contributed by atoms with E-state index in [9.17, 15) is 9.59 Å². The average molecular weight is 283 g/mol. The Kier molecular flexibility index (Phi) is 3.01. The van der Waals surface area contributed by atoms with Gasteiger partial charge in [0.25, 0.3) is 5.91 Å². The van der Waals surface area contributed by atoms with Crippen LogP contribution in [0.3, 0.4) is 0 Å². The van der Waals surface area contributed by atoms with Gasteiger partial charge in [-0.2, -0.15) is 0 Å². The summed E-state index contributed by atoms with van der Waals surface area (Å²) < 4.78 is 1.89. The summed E-state index contributed by atoms with van der Waals surface area (Å²) in [4.78, 5) is 25.1. The summed E-state index contributed by atoms with van der Waals surface area (Å²) in [7, 11) is 0. The smallest absolute Gasteiger partial charge is 0.326 e. The van der Waals surface area contributed by atoms with E-state index in [0.717, 1.165) is 19.3 Å². The van der Waals surface area contributed by atoms with Gasteiger partial charge in [0.05, 0.1) is 5.02 Å². The molecule has 0 spiro atoms. The molecule has 1 aromatic rings. The van der Waals surface area contributed by atoms with Crippen LogP contribution in [0.25, 0.3) is 0 Å². The number of rotatable bonds is 3. The van der Waals surface area contributed by atoms with Crippen LogP contribution in [0.5, 0.6) is 0 Å². The molecule has 0 radical (unpaired) electrons. The van der Waals surface area contributed by atoms with Gasteiger partial charge in [-0.3, -0.25) is 4.79 Å². The molecule has 2 fully saturated rings. The molecule has 1 aliphatic heterocycles. The Morgan fingerprint density at radius 3 is 2.68 bits per heavy atom. The third kappa shape index (κ3) is 2.23. The van der Waals surface area contributed by atoms with Crippen LogP contribution in [-0.2, 0) is 4.79 Å². The summed E-state index contributed by atoms with van der Waals surface area (Å²) in [6, 6.07) is 1.28. The van der Waals surface area contributed by atoms with Crippen LogP contribution in [0.15, 0.2) is 12.3 Å². The Balaban J connectivity index is 1.89. The van der Waals surface area contributed by atoms with E-state index in [1.165, 1.54) is 4.90 Å². The molecular formula is C13H15ClN2O3. The van der Waals surface area contributed by atoms with Crippen LogP contribution in [-0.4, -0.2) is 39.0 Å². The van der Waals surface area contributed by atoms with Crippen LogP contribution in [0.4, 0.5) is 0 Å². The van der Waals surface area contributed by atoms with Gasteiger partial charge in [-0.1, -0.05) is 11.6 Å². The van der Waals surface area contributed by atoms with Crippen LogP contribution in [0, 0.1) is 0 Å². The zero-order chi connectivity index (χ0) is 13.6. The Morgan fingerprint density at radius 1 is 1.32 bits per heavy atom. The zero-order valence-electron chi connectivity index (χ0n) is 10.4. The molecule has 0 aromatic carbocycles. The maximum atomic E-state index is 12.5. The molecular weight excluding hydrogens is 268 g/mol. The third-order valence-corrected chi connectivity index (χ3v) is 3.98. The number of aliphatic carboxylic acids is 1. The second-order valence-corrected chi connectivity index (χ2v) is 5.61. The molecule has 2 aliphatic rings. The number of carbonyl (C=O) groups is 2. The fraction of sp³-hybridized carbons (Fsp3) is 0.538. The standard InChI is InChI=1S/C13H15ClN2O3/c14-8-6-11(16(7-8)9-3-4-9)12(17)15-5-1-2-10(15)13(18)19/h6-7,9-10H,1-5H2,(H,18,19)/t10-/m0/s1. The lowest BCUT2D eigenvalue weighted by molar-refractivity contribution is -0.141. The number of nitrogens with zero attached hydrogens (tertiary/aromatic N) is 2. The lowest BCUT2D eigenvalue weighted by Crippen LogP contribution is -2.41. The largest absolute Gasteiger partial charge is 0.480 e. The Bertz CT molecular complexity index is 536. The fourth-order valence-corrected chi connectivity index (χ4v) is 2.89. The fourth-order valence-electron chi connectivity index (χ4n) is 2.69. The molecule has 1 saturated heterocycles. The normalized spacial score (nSPS) is 22.8. The molecule has 0 unspecified atom stereocenters. The molecule has 1 amide bonds. The number of amides is 1. The quantitative estimate of drug-likeness (QED) is 0.924. The number of halogens is 1. The van der Waals surface area contributed by atoms with E-state index in [1.807, 2.05) is 4.57 Å². The van der Waals surface area contributed by atoms with Gasteiger partial charge in [0.2, 0.25) is 0 Å². The van der Waals surface area contributed by atoms with Crippen molar-refractivity contribution in [3.63, 3.8) is 0 Å². The van der Waals surface area contributed by atoms with Gasteiger partial charge in [0, 0.05) is 18.8 Å². The van der Waals surface area contributed by atoms with E-state index in [4.69, 9.17) is 16.7 Å². The summed E-state index contributed by atoms with van der Waals surface area (Å²) in [6.07, 6.45) is 5.12. The van der Waals surface area contributed by atoms with E-state index in [0.29, 0.717) is 29.7 Å². The first-order chi connectivity index (χ1) is 9.08. The highest BCUT2D eigenvalue weighted by Gasteiger charge is 2.37. The van der Waals surface area contributed by atoms with Crippen molar-refractivity contribution in [1.29, 1.82) is 0 Å². The summed E-state index contributed by atoms with van der Waals surface area (Å²) in [5, 5.41) is 9.68. The highest BCUT2D eigenvalue weighted by atomic mass is 35.5. The second-order valence-electron chi connectivity index (χ2n) is 5.18. The molecule has 19 heavy (non-hydrogen) atoms. The van der Waals surface area contributed by atoms with Gasteiger partial charge in [-0.25, -0.2) is 4.79 Å². The van der Waals surface area contributed by atoms with Crippen molar-refractivity contribution in [2.75, 3.05) is 6.54 Å². The van der Waals surface area contributed by atoms with E-state index in [2.05, 4.69) is 0 Å². The number of carboxylic acid groups (broad SMARTS) is 1. The second kappa shape index (κ2) is 4.56. The van der Waals surface area contributed by atoms with Crippen LogP contribution < -0.4 is 0 Å². The first kappa shape index (κ1) is 12.5. The summed E-state index contributed by atoms with van der Waals surface area (Å²) >= 11 is 5.98. The molecule has 3 rings (SSSR count). The minimum atomic E-state index is -0.929. The summed E-state index contributed by atoms with van der Waals surface area (Å²) in [5.41, 5.74) is 0.514. The first-order valence-corrected chi connectivity index (χ1v) is 6.87. The predicted molar refractivity (Wildman–Crippen MR) is 69.4 cm³/mol. The maximum absolute atomic E-state index is 12.5. The summed E-state index contributed by atoms with van der Waals surface area (Å²) in [6.45, 7) is 0.503. The van der Waals surface area contributed by atoms with Crippen molar-refractivity contribution in [3.8, 4) is 0 Å². The number of carbonyl (C=O) groups excluding carboxylic acids is 1. The van der Waals surface area contributed by atoms with Crippen molar-refractivity contribution in [2.45, 2.75) is 37.8 Å². The minimum absolute atomic E-state index is 0.219. The van der Waals surface area contributed by atoms with Crippen molar-refractivity contribution in [3.05, 3.63) is 23.0 Å². The zero-order valence-corrected chi connectivity index (χ0v) is 11.1. The van der Waals surface area contributed by atoms with Gasteiger partial charge in [0.1, 0.15) is 11.7 Å². The van der Waals surface area contributed by atoms with Gasteiger partial charge in [-0.05, 0) is 31.7 Å². The van der Waals surface area contributed by atoms with Gasteiger partial charge < -0.3 is 14.6 Å². The molecule has 1 aliphatic carbocycles. The Labute approximate surface area is 115 Å². The molecule has 1 atom stereocenters. The number of hydrogen-bond acceptors (Lipinski definition) is 2. The third-order valence-electron chi connectivity index (χ3n) is 3.77. The lowest BCUT2D eigenvalue weighted by atomic mass is 10.2. The van der Waals surface area contributed by atoms with Crippen molar-refractivity contribution >= 4 is 23.5 Å². The molecule has 0 bridgehead atoms. The molecule has 2 heterocycles. The molecule has 1 saturated carbocycles. The van der Waals surface area contributed by atoms with Crippen molar-refractivity contribution < 1.29 is 14.7 Å². The summed E-state index contributed by atoms with van der Waals surface area (Å²) in [5.74, 6) is -1.15. The Morgan fingerprint density at radius 2 is 2.05 bits per heavy atom. The first-order valence-electron chi connectivity index (χ1n) is 6.49. The molecule has 5 nitrogen and oxygen atoms in total. The number of aromatic nitrogens is 1. The Hall–Kier alpha value is -1.49. The topological polar surface area (TPSA) is 62.5 Å². The van der Waals surface area contributed by atoms with E-state index < -0.39 is 12.0 Å². The number of likely N-dealkylation sites (tertiary alicyclic amines) is 1. The predicted octanol–water partition coefficient (Wildman–Crippen LogP) is 2.17. The maximum Gasteiger partial charge on any atom is 0.326 e. The van der Waals surface area contributed by atoms with E-state index in [1.54, 1.807) is 12.3 Å². The monoisotopic (exact) mass is 282 g/mol. The average Bonchev–Trinajstić information content (AvgIpc) is 2.95. The number of carboxylic acids is 1. The van der Waals surface area contributed by atoms with Crippen LogP contribution in [0.1, 0.15) is 42.2 Å². The van der Waals surface area contributed by atoms with Crippen LogP contribution >= 0.6 is 11.6 Å². The SMILES string of the molecule is O=C(O)[C@@H]1CCCN1C(=O)c1cc(Cl)cn1C1CC1. The van der Waals surface area contributed by atoms with Crippen LogP contribution in [0.2, 0.25) is 5.02 Å². The lowest BCUT2D eigenvalue weighted by Gasteiger charge is -2.22. The van der Waals surface area contributed by atoms with Crippen molar-refractivity contribution in [2.24, 2.45) is 0 Å². The van der Waals surface area contributed by atoms with Gasteiger partial charge >= 0.3 is 5.97 Å². The van der Waals surface area contributed by atoms with Gasteiger partial charge in [0.15, 0.2) is 0 Å². The molecule has 1 N–H and O–H groups in total. The minimum Gasteiger partial charge on any atom is -0.480 e. The highest BCUT2D eigenvalue weighted by Crippen LogP contribution is 2.38. The number of hydrogen-bond donors (Lipinski definition) is 1. The molecule has 1 aromatic heterocycles. The highest BCUT2D eigenvalue weighted by molar-refractivity contribution is 6.31.